The Morgan fingerprint density at radius 1 is 1.07 bits per heavy atom. The molecular formula is C21H25AcN2O4-. The topological polar surface area (TPSA) is 88.4 Å². The molecule has 7 heteroatoms. The molecule has 147 valence electrons. The molecule has 2 aromatic carbocycles. The summed E-state index contributed by atoms with van der Waals surface area (Å²) in [5, 5.41) is 2.80. The van der Waals surface area contributed by atoms with Crippen molar-refractivity contribution in [2.75, 3.05) is 5.32 Å². The molecule has 2 aromatic rings. The molecule has 0 aliphatic carbocycles. The van der Waals surface area contributed by atoms with Gasteiger partial charge < -0.3 is 20.5 Å². The van der Waals surface area contributed by atoms with E-state index in [4.69, 9.17) is 15.2 Å². The van der Waals surface area contributed by atoms with Crippen LogP contribution < -0.4 is 5.32 Å². The Bertz CT molecular complexity index is 736. The zero-order valence-electron chi connectivity index (χ0n) is 16.2. The van der Waals surface area contributed by atoms with Crippen LogP contribution in [0.2, 0.25) is 0 Å². The van der Waals surface area contributed by atoms with Gasteiger partial charge in [0, 0.05) is 56.2 Å². The second-order valence-corrected chi connectivity index (χ2v) is 6.27. The Labute approximate surface area is 201 Å². The first-order chi connectivity index (χ1) is 13.0. The van der Waals surface area contributed by atoms with Gasteiger partial charge in [0.15, 0.2) is 0 Å². The van der Waals surface area contributed by atoms with Gasteiger partial charge in [0.25, 0.3) is 0 Å². The van der Waals surface area contributed by atoms with E-state index >= 15 is 0 Å². The zero-order valence-corrected chi connectivity index (χ0v) is 20.9. The smallest absolute Gasteiger partial charge is 0.509 e. The minimum Gasteiger partial charge on any atom is -0.672 e. The first-order valence-corrected chi connectivity index (χ1v) is 8.98. The number of benzene rings is 2. The Morgan fingerprint density at radius 2 is 1.71 bits per heavy atom. The fraction of sp³-hybridized carbons (Fsp3) is 0.333. The van der Waals surface area contributed by atoms with Crippen LogP contribution in [0.3, 0.4) is 0 Å². The maximum Gasteiger partial charge on any atom is 0.509 e. The quantitative estimate of drug-likeness (QED) is 0.422. The number of anilines is 1. The van der Waals surface area contributed by atoms with E-state index in [1.807, 2.05) is 37.3 Å². The van der Waals surface area contributed by atoms with E-state index in [0.29, 0.717) is 12.1 Å². The molecule has 0 aliphatic rings. The second-order valence-electron chi connectivity index (χ2n) is 6.27. The fourth-order valence-electron chi connectivity index (χ4n) is 2.52. The van der Waals surface area contributed by atoms with E-state index < -0.39 is 18.3 Å². The first kappa shape index (κ1) is 24.6. The second kappa shape index (κ2) is 12.9. The van der Waals surface area contributed by atoms with E-state index in [0.717, 1.165) is 17.5 Å². The molecule has 0 unspecified atom stereocenters. The van der Waals surface area contributed by atoms with E-state index in [1.165, 1.54) is 0 Å². The molecule has 0 bridgehead atoms. The number of rotatable bonds is 8. The molecule has 2 rings (SSSR count). The van der Waals surface area contributed by atoms with E-state index in [9.17, 15) is 9.59 Å². The van der Waals surface area contributed by atoms with Gasteiger partial charge in [0.2, 0.25) is 5.91 Å². The molecule has 0 heterocycles. The normalized spacial score (nSPS) is 12.2. The number of carbonyl (C=O) groups excluding carboxylic acids is 2. The van der Waals surface area contributed by atoms with E-state index in [-0.39, 0.29) is 56.6 Å². The van der Waals surface area contributed by atoms with E-state index in [2.05, 4.69) is 5.32 Å². The van der Waals surface area contributed by atoms with Crippen molar-refractivity contribution < 1.29 is 63.1 Å². The average Bonchev–Trinajstić information content (AvgIpc) is 2.66. The molecule has 2 N–H and O–H groups in total. The van der Waals surface area contributed by atoms with Gasteiger partial charge in [-0.2, -0.15) is 0 Å². The van der Waals surface area contributed by atoms with Crippen LogP contribution in [-0.2, 0) is 20.9 Å². The number of amides is 1. The van der Waals surface area contributed by atoms with Gasteiger partial charge in [-0.25, -0.2) is 4.79 Å². The summed E-state index contributed by atoms with van der Waals surface area (Å²) in [4.78, 5) is 23.6. The summed E-state index contributed by atoms with van der Waals surface area (Å²) in [5.74, 6) is -0.0263. The van der Waals surface area contributed by atoms with Crippen LogP contribution in [0.4, 0.5) is 10.5 Å². The number of hydrogen-bond acceptors (Lipinski definition) is 4. The molecular weight excluding hydrogens is 571 g/mol. The Balaban J connectivity index is 0.00000392. The minimum atomic E-state index is -0.816. The maximum atomic E-state index is 12.0. The summed E-state index contributed by atoms with van der Waals surface area (Å²) in [6, 6.07) is 15.6. The molecule has 6 nitrogen and oxygen atoms in total. The van der Waals surface area contributed by atoms with Crippen molar-refractivity contribution in [3.05, 3.63) is 71.5 Å². The summed E-state index contributed by atoms with van der Waals surface area (Å²) in [5.41, 5.74) is 10.1. The summed E-state index contributed by atoms with van der Waals surface area (Å²) in [7, 11) is 0. The van der Waals surface area contributed by atoms with E-state index in [1.54, 1.807) is 31.2 Å². The van der Waals surface area contributed by atoms with Crippen molar-refractivity contribution in [2.45, 2.75) is 45.4 Å². The van der Waals surface area contributed by atoms with Gasteiger partial charge in [-0.3, -0.25) is 4.79 Å². The average molecular weight is 596 g/mol. The van der Waals surface area contributed by atoms with Gasteiger partial charge in [-0.05, 0) is 29.7 Å². The SMILES string of the molecule is CCCC(=O)Nc1ccc(COC(=O)O[C@@H](c2ccccc2)[C@@H](C)[NH-])cc1.[Ac]. The summed E-state index contributed by atoms with van der Waals surface area (Å²) in [6.07, 6.45) is -0.229. The summed E-state index contributed by atoms with van der Waals surface area (Å²) in [6.45, 7) is 3.66. The summed E-state index contributed by atoms with van der Waals surface area (Å²) >= 11 is 0. The molecule has 0 aliphatic heterocycles. The van der Waals surface area contributed by atoms with Crippen molar-refractivity contribution in [1.29, 1.82) is 0 Å². The fourth-order valence-corrected chi connectivity index (χ4v) is 2.52. The van der Waals surface area contributed by atoms with Crippen molar-refractivity contribution in [3.63, 3.8) is 0 Å². The molecule has 1 amide bonds. The van der Waals surface area contributed by atoms with Crippen molar-refractivity contribution in [1.82, 2.24) is 0 Å². The number of hydrogen-bond donors (Lipinski definition) is 1. The first-order valence-electron chi connectivity index (χ1n) is 8.98. The third-order valence-electron chi connectivity index (χ3n) is 3.88. The van der Waals surface area contributed by atoms with Crippen LogP contribution in [0.1, 0.15) is 43.9 Å². The standard InChI is InChI=1S/C21H25N2O4.Ac/c1-3-7-19(24)23-18-12-10-16(11-13-18)14-26-21(25)27-20(15(2)22)17-8-5-4-6-9-17;/h4-6,8-13,15,20,22H,3,7,14H2,1-2H3,(H,23,24);/q-1;/t15-,20-;/m1./s1. The monoisotopic (exact) mass is 596 g/mol. The van der Waals surface area contributed by atoms with Gasteiger partial charge in [-0.1, -0.05) is 62.4 Å². The zero-order chi connectivity index (χ0) is 19.6. The third kappa shape index (κ3) is 8.30. The molecule has 2 atom stereocenters. The molecule has 0 fully saturated rings. The van der Waals surface area contributed by atoms with Crippen molar-refractivity contribution >= 4 is 17.7 Å². The van der Waals surface area contributed by atoms with Crippen LogP contribution in [0, 0.1) is 44.1 Å². The predicted octanol–water partition coefficient (Wildman–Crippen LogP) is 5.26. The Morgan fingerprint density at radius 3 is 2.29 bits per heavy atom. The number of carbonyl (C=O) groups is 2. The van der Waals surface area contributed by atoms with Crippen LogP contribution in [0.15, 0.2) is 54.6 Å². The predicted molar refractivity (Wildman–Crippen MR) is 104 cm³/mol. The molecule has 0 spiro atoms. The molecule has 0 aromatic heterocycles. The van der Waals surface area contributed by atoms with Crippen molar-refractivity contribution in [2.24, 2.45) is 0 Å². The summed E-state index contributed by atoms with van der Waals surface area (Å²) < 4.78 is 10.5. The van der Waals surface area contributed by atoms with Gasteiger partial charge in [0.05, 0.1) is 0 Å². The van der Waals surface area contributed by atoms with Crippen LogP contribution >= 0.6 is 0 Å². The largest absolute Gasteiger partial charge is 0.672 e. The molecule has 1 radical (unpaired) electrons. The molecule has 28 heavy (non-hydrogen) atoms. The van der Waals surface area contributed by atoms with Crippen LogP contribution in [0.25, 0.3) is 5.73 Å². The molecule has 0 saturated carbocycles. The number of ether oxygens (including phenoxy) is 2. The Hall–Kier alpha value is -1.42. The van der Waals surface area contributed by atoms with Crippen molar-refractivity contribution in [3.8, 4) is 0 Å². The van der Waals surface area contributed by atoms with Crippen LogP contribution in [-0.4, -0.2) is 18.1 Å². The maximum absolute atomic E-state index is 12.0. The molecule has 0 saturated heterocycles. The van der Waals surface area contributed by atoms with Gasteiger partial charge in [0.1, 0.15) is 12.7 Å². The minimum absolute atomic E-state index is 0. The Kier molecular flexibility index (Phi) is 11.4. The third-order valence-corrected chi connectivity index (χ3v) is 3.88. The van der Waals surface area contributed by atoms with Crippen LogP contribution in [0.5, 0.6) is 0 Å². The van der Waals surface area contributed by atoms with Gasteiger partial charge >= 0.3 is 6.16 Å². The number of nitrogens with one attached hydrogen (secondary N) is 2. The van der Waals surface area contributed by atoms with Gasteiger partial charge in [-0.15, -0.1) is 0 Å².